The van der Waals surface area contributed by atoms with Crippen molar-refractivity contribution in [2.75, 3.05) is 60.1 Å². The predicted octanol–water partition coefficient (Wildman–Crippen LogP) is 2.91. The van der Waals surface area contributed by atoms with Gasteiger partial charge in [-0.15, -0.1) is 0 Å². The minimum absolute atomic E-state index is 0.296. The van der Waals surface area contributed by atoms with Crippen LogP contribution in [0.25, 0.3) is 0 Å². The van der Waals surface area contributed by atoms with E-state index in [1.54, 1.807) is 7.11 Å². The molecule has 0 radical (unpaired) electrons. The molecule has 4 rings (SSSR count). The lowest BCUT2D eigenvalue weighted by Gasteiger charge is -2.36. The summed E-state index contributed by atoms with van der Waals surface area (Å²) in [6.07, 6.45) is 6.90. The highest BCUT2D eigenvalue weighted by Gasteiger charge is 2.41. The molecule has 0 aromatic heterocycles. The summed E-state index contributed by atoms with van der Waals surface area (Å²) in [7, 11) is 3.63. The number of likely N-dealkylation sites (tertiary alicyclic amines) is 1. The smallest absolute Gasteiger partial charge is 0.193 e. The number of methoxy groups -OCH3 is 1. The molecule has 1 aliphatic carbocycles. The molecule has 1 atom stereocenters. The lowest BCUT2D eigenvalue weighted by atomic mass is 9.86. The third-order valence-corrected chi connectivity index (χ3v) is 7.05. The quantitative estimate of drug-likeness (QED) is 0.608. The van der Waals surface area contributed by atoms with E-state index < -0.39 is 0 Å². The Labute approximate surface area is 175 Å². The van der Waals surface area contributed by atoms with Crippen molar-refractivity contribution in [3.8, 4) is 5.75 Å². The molecule has 1 N–H and O–H groups in total. The molecule has 160 valence electrons. The lowest BCUT2D eigenvalue weighted by Crippen LogP contribution is -2.47. The van der Waals surface area contributed by atoms with Crippen LogP contribution >= 0.6 is 0 Å². The first-order valence-corrected chi connectivity index (χ1v) is 11.1. The molecule has 29 heavy (non-hydrogen) atoms. The van der Waals surface area contributed by atoms with Gasteiger partial charge in [0.05, 0.1) is 26.4 Å². The van der Waals surface area contributed by atoms with Crippen molar-refractivity contribution >= 4 is 5.96 Å². The van der Waals surface area contributed by atoms with Gasteiger partial charge in [0, 0.05) is 39.8 Å². The zero-order valence-corrected chi connectivity index (χ0v) is 18.0. The van der Waals surface area contributed by atoms with Crippen LogP contribution in [0.5, 0.6) is 5.75 Å². The van der Waals surface area contributed by atoms with Crippen molar-refractivity contribution in [1.29, 1.82) is 0 Å². The molecule has 1 unspecified atom stereocenters. The van der Waals surface area contributed by atoms with E-state index in [1.165, 1.54) is 37.7 Å². The molecule has 1 saturated carbocycles. The molecule has 2 saturated heterocycles. The number of nitrogens with one attached hydrogen (secondary N) is 1. The van der Waals surface area contributed by atoms with Gasteiger partial charge in [-0.1, -0.05) is 25.0 Å². The predicted molar refractivity (Wildman–Crippen MR) is 117 cm³/mol. The molecular weight excluding hydrogens is 364 g/mol. The number of aliphatic imine (C=N–C) groups is 1. The first-order chi connectivity index (χ1) is 14.2. The Balaban J connectivity index is 1.43. The van der Waals surface area contributed by atoms with E-state index in [0.717, 1.165) is 57.6 Å². The van der Waals surface area contributed by atoms with Crippen LogP contribution < -0.4 is 10.1 Å². The van der Waals surface area contributed by atoms with Crippen molar-refractivity contribution in [2.24, 2.45) is 10.4 Å². The fraction of sp³-hybridized carbons (Fsp3) is 0.696. The van der Waals surface area contributed by atoms with Crippen LogP contribution in [0.2, 0.25) is 0 Å². The second-order valence-corrected chi connectivity index (χ2v) is 8.74. The highest BCUT2D eigenvalue weighted by atomic mass is 16.5. The Morgan fingerprint density at radius 3 is 2.52 bits per heavy atom. The third-order valence-electron chi connectivity index (χ3n) is 7.05. The molecule has 0 bridgehead atoms. The average molecular weight is 401 g/mol. The fourth-order valence-corrected chi connectivity index (χ4v) is 5.34. The minimum Gasteiger partial charge on any atom is -0.497 e. The maximum absolute atomic E-state index is 5.59. The van der Waals surface area contributed by atoms with Crippen LogP contribution in [0.1, 0.15) is 43.7 Å². The van der Waals surface area contributed by atoms with Crippen LogP contribution in [0.4, 0.5) is 0 Å². The van der Waals surface area contributed by atoms with Crippen LogP contribution in [0.3, 0.4) is 0 Å². The van der Waals surface area contributed by atoms with Crippen molar-refractivity contribution in [3.05, 3.63) is 29.8 Å². The summed E-state index contributed by atoms with van der Waals surface area (Å²) >= 11 is 0. The maximum atomic E-state index is 5.59. The SMILES string of the molecule is CN=C(NCC(c1ccc(OC)cc1)N1CCOCC1)N1CCC2(CCCC2)C1. The van der Waals surface area contributed by atoms with Gasteiger partial charge in [-0.3, -0.25) is 9.89 Å². The molecule has 3 fully saturated rings. The number of ether oxygens (including phenoxy) is 2. The first kappa shape index (κ1) is 20.5. The molecule has 1 aromatic rings. The normalized spacial score (nSPS) is 23.5. The van der Waals surface area contributed by atoms with Gasteiger partial charge in [0.2, 0.25) is 0 Å². The number of hydrogen-bond donors (Lipinski definition) is 1. The number of morpholine rings is 1. The minimum atomic E-state index is 0.296. The Bertz CT molecular complexity index is 679. The molecule has 1 aromatic carbocycles. The first-order valence-electron chi connectivity index (χ1n) is 11.1. The van der Waals surface area contributed by atoms with Crippen LogP contribution in [0.15, 0.2) is 29.3 Å². The zero-order valence-electron chi connectivity index (χ0n) is 18.0. The largest absolute Gasteiger partial charge is 0.497 e. The Kier molecular flexibility index (Phi) is 6.60. The average Bonchev–Trinajstić information content (AvgIpc) is 3.42. The molecule has 1 spiro atoms. The van der Waals surface area contributed by atoms with E-state index in [-0.39, 0.29) is 0 Å². The summed E-state index contributed by atoms with van der Waals surface area (Å²) < 4.78 is 10.9. The Morgan fingerprint density at radius 2 is 1.86 bits per heavy atom. The summed E-state index contributed by atoms with van der Waals surface area (Å²) in [6.45, 7) is 6.67. The van der Waals surface area contributed by atoms with Crippen molar-refractivity contribution in [2.45, 2.75) is 38.1 Å². The van der Waals surface area contributed by atoms with Gasteiger partial charge in [-0.05, 0) is 42.4 Å². The molecule has 0 amide bonds. The molecule has 6 nitrogen and oxygen atoms in total. The molecule has 2 aliphatic heterocycles. The number of rotatable bonds is 5. The summed E-state index contributed by atoms with van der Waals surface area (Å²) in [5.74, 6) is 1.96. The van der Waals surface area contributed by atoms with Gasteiger partial charge in [-0.25, -0.2) is 0 Å². The standard InChI is InChI=1S/C23H36N4O2/c1-24-22(27-12-11-23(18-27)9-3-4-10-23)25-17-21(26-13-15-29-16-14-26)19-5-7-20(28-2)8-6-19/h5-8,21H,3-4,9-18H2,1-2H3,(H,24,25). The number of hydrogen-bond acceptors (Lipinski definition) is 4. The molecule has 3 aliphatic rings. The van der Waals surface area contributed by atoms with Crippen LogP contribution in [0, 0.1) is 5.41 Å². The number of guanidine groups is 1. The summed E-state index contributed by atoms with van der Waals surface area (Å²) in [5.41, 5.74) is 1.86. The number of benzene rings is 1. The third kappa shape index (κ3) is 4.69. The van der Waals surface area contributed by atoms with E-state index in [0.29, 0.717) is 11.5 Å². The molecular formula is C23H36N4O2. The van der Waals surface area contributed by atoms with Gasteiger partial charge in [-0.2, -0.15) is 0 Å². The van der Waals surface area contributed by atoms with E-state index in [4.69, 9.17) is 9.47 Å². The van der Waals surface area contributed by atoms with Crippen molar-refractivity contribution < 1.29 is 9.47 Å². The summed E-state index contributed by atoms with van der Waals surface area (Å²) in [5, 5.41) is 3.70. The molecule has 6 heteroatoms. The highest BCUT2D eigenvalue weighted by molar-refractivity contribution is 5.80. The van der Waals surface area contributed by atoms with Crippen molar-refractivity contribution in [1.82, 2.24) is 15.1 Å². The van der Waals surface area contributed by atoms with Crippen LogP contribution in [-0.4, -0.2) is 75.9 Å². The van der Waals surface area contributed by atoms with E-state index >= 15 is 0 Å². The van der Waals surface area contributed by atoms with Crippen LogP contribution in [-0.2, 0) is 4.74 Å². The van der Waals surface area contributed by atoms with Gasteiger partial charge in [0.1, 0.15) is 5.75 Å². The van der Waals surface area contributed by atoms with Crippen molar-refractivity contribution in [3.63, 3.8) is 0 Å². The second kappa shape index (κ2) is 9.35. The van der Waals surface area contributed by atoms with E-state index in [9.17, 15) is 0 Å². The highest BCUT2D eigenvalue weighted by Crippen LogP contribution is 2.45. The van der Waals surface area contributed by atoms with Gasteiger partial charge < -0.3 is 19.7 Å². The number of nitrogens with zero attached hydrogens (tertiary/aromatic N) is 3. The summed E-state index contributed by atoms with van der Waals surface area (Å²) in [6, 6.07) is 8.79. The topological polar surface area (TPSA) is 49.3 Å². The van der Waals surface area contributed by atoms with Gasteiger partial charge in [0.15, 0.2) is 5.96 Å². The maximum Gasteiger partial charge on any atom is 0.193 e. The van der Waals surface area contributed by atoms with E-state index in [1.807, 2.05) is 7.05 Å². The second-order valence-electron chi connectivity index (χ2n) is 8.74. The fourth-order valence-electron chi connectivity index (χ4n) is 5.34. The Hall–Kier alpha value is -1.79. The Morgan fingerprint density at radius 1 is 1.14 bits per heavy atom. The molecule has 2 heterocycles. The van der Waals surface area contributed by atoms with Gasteiger partial charge >= 0.3 is 0 Å². The van der Waals surface area contributed by atoms with Gasteiger partial charge in [0.25, 0.3) is 0 Å². The lowest BCUT2D eigenvalue weighted by molar-refractivity contribution is 0.0169. The zero-order chi connectivity index (χ0) is 20.1. The summed E-state index contributed by atoms with van der Waals surface area (Å²) in [4.78, 5) is 9.63. The monoisotopic (exact) mass is 400 g/mol. The van der Waals surface area contributed by atoms with E-state index in [2.05, 4.69) is 44.4 Å².